The van der Waals surface area contributed by atoms with E-state index in [1.165, 1.54) is 34.3 Å². The molecule has 0 unspecified atom stereocenters. The summed E-state index contributed by atoms with van der Waals surface area (Å²) in [6, 6.07) is 7.53. The van der Waals surface area contributed by atoms with Crippen LogP contribution in [0.2, 0.25) is 0 Å². The number of hydrogen-bond donors (Lipinski definition) is 3. The van der Waals surface area contributed by atoms with Gasteiger partial charge in [-0.1, -0.05) is 23.9 Å². The number of hydrogen-bond acceptors (Lipinski definition) is 8. The van der Waals surface area contributed by atoms with Crippen molar-refractivity contribution in [1.82, 2.24) is 19.0 Å². The zero-order valence-corrected chi connectivity index (χ0v) is 18.6. The molecule has 0 saturated carbocycles. The average molecular weight is 473 g/mol. The molecular weight excluding hydrogens is 447 g/mol. The molecule has 0 spiro atoms. The van der Waals surface area contributed by atoms with Crippen molar-refractivity contribution in [3.8, 4) is 5.88 Å². The van der Waals surface area contributed by atoms with E-state index in [0.717, 1.165) is 12.0 Å². The van der Waals surface area contributed by atoms with Gasteiger partial charge in [0.2, 0.25) is 5.88 Å². The highest BCUT2D eigenvalue weighted by Gasteiger charge is 2.27. The van der Waals surface area contributed by atoms with Crippen molar-refractivity contribution in [3.63, 3.8) is 0 Å². The molecule has 170 valence electrons. The smallest absolute Gasteiger partial charge is 0.279 e. The topological polar surface area (TPSA) is 125 Å². The number of benzene rings is 1. The van der Waals surface area contributed by atoms with E-state index >= 15 is 0 Å². The van der Waals surface area contributed by atoms with E-state index in [1.54, 1.807) is 19.1 Å². The minimum absolute atomic E-state index is 0.0568. The maximum atomic E-state index is 13.1. The number of nitrogens with one attached hydrogen (secondary N) is 1. The second-order valence-corrected chi connectivity index (χ2v) is 9.74. The molecule has 1 aromatic carbocycles. The van der Waals surface area contributed by atoms with Gasteiger partial charge in [-0.25, -0.2) is 9.37 Å². The second kappa shape index (κ2) is 10.7. The van der Waals surface area contributed by atoms with E-state index in [9.17, 15) is 17.9 Å². The van der Waals surface area contributed by atoms with Crippen LogP contribution in [0.5, 0.6) is 5.88 Å². The Labute approximate surface area is 184 Å². The second-order valence-electron chi connectivity index (χ2n) is 7.05. The van der Waals surface area contributed by atoms with Crippen molar-refractivity contribution < 1.29 is 27.8 Å². The number of aliphatic hydroxyl groups is 2. The first kappa shape index (κ1) is 23.8. The van der Waals surface area contributed by atoms with Crippen LogP contribution in [0.1, 0.15) is 24.6 Å². The van der Waals surface area contributed by atoms with Gasteiger partial charge in [-0.15, -0.1) is 0 Å². The number of thioether (sulfide) groups is 1. The SMILES string of the molecule is C[C@@H](Oc1cc(CNS(=O)(=O)N2CCC2)nc(SCc2ccc(F)cc2)n1)[C@@H](O)CO. The molecule has 0 radical (unpaired) electrons. The number of ether oxygens (including phenoxy) is 1. The van der Waals surface area contributed by atoms with Gasteiger partial charge in [-0.2, -0.15) is 22.4 Å². The van der Waals surface area contributed by atoms with Gasteiger partial charge in [-0.3, -0.25) is 0 Å². The first-order valence-electron chi connectivity index (χ1n) is 9.72. The Morgan fingerprint density at radius 3 is 2.61 bits per heavy atom. The molecule has 2 heterocycles. The highest BCUT2D eigenvalue weighted by Crippen LogP contribution is 2.23. The van der Waals surface area contributed by atoms with E-state index in [4.69, 9.17) is 9.84 Å². The Bertz CT molecular complexity index is 974. The average Bonchev–Trinajstić information content (AvgIpc) is 2.69. The fourth-order valence-electron chi connectivity index (χ4n) is 2.59. The van der Waals surface area contributed by atoms with Crippen molar-refractivity contribution in [2.75, 3.05) is 19.7 Å². The lowest BCUT2D eigenvalue weighted by Gasteiger charge is -2.29. The van der Waals surface area contributed by atoms with Gasteiger partial charge >= 0.3 is 0 Å². The van der Waals surface area contributed by atoms with Crippen molar-refractivity contribution in [1.29, 1.82) is 0 Å². The van der Waals surface area contributed by atoms with Crippen LogP contribution in [0.3, 0.4) is 0 Å². The zero-order chi connectivity index (χ0) is 22.4. The summed E-state index contributed by atoms with van der Waals surface area (Å²) in [4.78, 5) is 8.69. The first-order valence-corrected chi connectivity index (χ1v) is 12.1. The highest BCUT2D eigenvalue weighted by molar-refractivity contribution is 7.98. The van der Waals surface area contributed by atoms with Gasteiger partial charge in [0.1, 0.15) is 18.0 Å². The van der Waals surface area contributed by atoms with Crippen LogP contribution in [0.15, 0.2) is 35.5 Å². The molecule has 31 heavy (non-hydrogen) atoms. The van der Waals surface area contributed by atoms with Crippen LogP contribution in [0.4, 0.5) is 4.39 Å². The van der Waals surface area contributed by atoms with E-state index in [-0.39, 0.29) is 18.2 Å². The van der Waals surface area contributed by atoms with Crippen molar-refractivity contribution in [3.05, 3.63) is 47.4 Å². The van der Waals surface area contributed by atoms with Gasteiger partial charge in [-0.05, 0) is 31.0 Å². The molecule has 0 amide bonds. The molecule has 9 nitrogen and oxygen atoms in total. The third kappa shape index (κ3) is 6.82. The summed E-state index contributed by atoms with van der Waals surface area (Å²) in [5.74, 6) is 0.292. The summed E-state index contributed by atoms with van der Waals surface area (Å²) >= 11 is 1.28. The molecule has 3 rings (SSSR count). The summed E-state index contributed by atoms with van der Waals surface area (Å²) < 4.78 is 47.1. The summed E-state index contributed by atoms with van der Waals surface area (Å²) in [7, 11) is -3.58. The lowest BCUT2D eigenvalue weighted by molar-refractivity contribution is 0.00590. The number of aromatic nitrogens is 2. The quantitative estimate of drug-likeness (QED) is 0.328. The molecule has 0 aliphatic carbocycles. The molecular formula is C19H25FN4O5S2. The molecule has 1 saturated heterocycles. The summed E-state index contributed by atoms with van der Waals surface area (Å²) in [6.07, 6.45) is -0.999. The third-order valence-corrected chi connectivity index (χ3v) is 7.12. The van der Waals surface area contributed by atoms with E-state index in [1.807, 2.05) is 0 Å². The minimum Gasteiger partial charge on any atom is -0.472 e. The predicted octanol–water partition coefficient (Wildman–Crippen LogP) is 1.07. The molecule has 0 bridgehead atoms. The number of aliphatic hydroxyl groups excluding tert-OH is 2. The normalized spacial score (nSPS) is 16.5. The largest absolute Gasteiger partial charge is 0.472 e. The number of rotatable bonds is 11. The summed E-state index contributed by atoms with van der Waals surface area (Å²) in [6.45, 7) is 2.03. The monoisotopic (exact) mass is 472 g/mol. The predicted molar refractivity (Wildman–Crippen MR) is 113 cm³/mol. The van der Waals surface area contributed by atoms with Crippen LogP contribution >= 0.6 is 11.8 Å². The highest BCUT2D eigenvalue weighted by atomic mass is 32.2. The Hall–Kier alpha value is -1.83. The van der Waals surface area contributed by atoms with E-state index in [2.05, 4.69) is 14.7 Å². The van der Waals surface area contributed by atoms with Crippen molar-refractivity contribution in [2.45, 2.75) is 43.0 Å². The summed E-state index contributed by atoms with van der Waals surface area (Å²) in [5, 5.41) is 19.2. The minimum atomic E-state index is -3.58. The fraction of sp³-hybridized carbons (Fsp3) is 0.474. The van der Waals surface area contributed by atoms with E-state index < -0.39 is 29.0 Å². The van der Waals surface area contributed by atoms with Gasteiger partial charge < -0.3 is 14.9 Å². The zero-order valence-electron chi connectivity index (χ0n) is 16.9. The molecule has 3 N–H and O–H groups in total. The van der Waals surface area contributed by atoms with E-state index in [0.29, 0.717) is 29.7 Å². The van der Waals surface area contributed by atoms with Crippen molar-refractivity contribution in [2.24, 2.45) is 0 Å². The number of halogens is 1. The Balaban J connectivity index is 1.74. The molecule has 1 aromatic heterocycles. The Morgan fingerprint density at radius 2 is 2.00 bits per heavy atom. The van der Waals surface area contributed by atoms with Crippen LogP contribution in [-0.4, -0.2) is 64.8 Å². The van der Waals surface area contributed by atoms with Gasteiger partial charge in [0.15, 0.2) is 5.16 Å². The lowest BCUT2D eigenvalue weighted by atomic mass is 10.2. The van der Waals surface area contributed by atoms with Gasteiger partial charge in [0.05, 0.1) is 18.8 Å². The standard InChI is InChI=1S/C19H25FN4O5S2/c1-13(17(26)11-25)29-18-9-16(10-21-31(27,28)24-7-2-8-24)22-19(23-18)30-12-14-3-5-15(20)6-4-14/h3-6,9,13,17,21,25-26H,2,7-8,10-12H2,1H3/t13-,17+/m1/s1. The number of nitrogens with zero attached hydrogens (tertiary/aromatic N) is 3. The van der Waals surface area contributed by atoms with Gasteiger partial charge in [0.25, 0.3) is 10.2 Å². The van der Waals surface area contributed by atoms with Crippen LogP contribution in [0, 0.1) is 5.82 Å². The summed E-state index contributed by atoms with van der Waals surface area (Å²) in [5.41, 5.74) is 1.26. The fourth-order valence-corrected chi connectivity index (χ4v) is 4.67. The first-order chi connectivity index (χ1) is 14.8. The molecule has 2 atom stereocenters. The Kier molecular flexibility index (Phi) is 8.19. The third-order valence-electron chi connectivity index (χ3n) is 4.64. The van der Waals surface area contributed by atoms with Crippen LogP contribution < -0.4 is 9.46 Å². The van der Waals surface area contributed by atoms with Crippen LogP contribution in [-0.2, 0) is 22.5 Å². The lowest BCUT2D eigenvalue weighted by Crippen LogP contribution is -2.47. The maximum Gasteiger partial charge on any atom is 0.279 e. The molecule has 1 fully saturated rings. The molecule has 1 aliphatic rings. The molecule has 2 aromatic rings. The van der Waals surface area contributed by atoms with Gasteiger partial charge in [0, 0.05) is 24.9 Å². The Morgan fingerprint density at radius 1 is 1.29 bits per heavy atom. The molecule has 12 heteroatoms. The maximum absolute atomic E-state index is 13.1. The molecule has 1 aliphatic heterocycles. The van der Waals surface area contributed by atoms with Crippen molar-refractivity contribution >= 4 is 22.0 Å². The van der Waals surface area contributed by atoms with Crippen LogP contribution in [0.25, 0.3) is 0 Å².